The van der Waals surface area contributed by atoms with Crippen LogP contribution < -0.4 is 0 Å². The van der Waals surface area contributed by atoms with Gasteiger partial charge in [0, 0.05) is 0 Å². The number of ether oxygens (including phenoxy) is 2. The SMILES string of the molecule is CCC[CH2][Sn]([CH2]CCC)([CH2]CCC)/[C](=C/COCOC)[Si](C)(C)C. The van der Waals surface area contributed by atoms with Crippen molar-refractivity contribution >= 4 is 26.5 Å². The van der Waals surface area contributed by atoms with Crippen LogP contribution in [0.5, 0.6) is 0 Å². The van der Waals surface area contributed by atoms with Crippen molar-refractivity contribution in [1.82, 2.24) is 0 Å². The third-order valence-corrected chi connectivity index (χ3v) is 31.9. The van der Waals surface area contributed by atoms with Gasteiger partial charge in [-0.05, 0) is 0 Å². The molecule has 0 radical (unpaired) electrons. The van der Waals surface area contributed by atoms with Gasteiger partial charge in [0.25, 0.3) is 0 Å². The summed E-state index contributed by atoms with van der Waals surface area (Å²) in [6.07, 6.45) is 10.9. The molecule has 0 aliphatic rings. The molecule has 0 spiro atoms. The Morgan fingerprint density at radius 2 is 1.33 bits per heavy atom. The average molecular weight is 463 g/mol. The molecule has 0 aliphatic heterocycles. The minimum atomic E-state index is -2.30. The van der Waals surface area contributed by atoms with E-state index in [0.29, 0.717) is 6.79 Å². The molecule has 0 aliphatic carbocycles. The van der Waals surface area contributed by atoms with Gasteiger partial charge in [0.15, 0.2) is 0 Å². The van der Waals surface area contributed by atoms with E-state index in [0.717, 1.165) is 6.61 Å². The summed E-state index contributed by atoms with van der Waals surface area (Å²) in [6.45, 7) is 15.9. The van der Waals surface area contributed by atoms with Crippen LogP contribution >= 0.6 is 0 Å². The number of hydrogen-bond acceptors (Lipinski definition) is 2. The second-order valence-electron chi connectivity index (χ2n) is 8.24. The van der Waals surface area contributed by atoms with Gasteiger partial charge in [-0.25, -0.2) is 0 Å². The van der Waals surface area contributed by atoms with Crippen LogP contribution in [0, 0.1) is 0 Å². The standard InChI is InChI=1S/C8H17O2Si.3C4H9.Sn/c1-9-8-10-6-5-7-11(2,3)4;3*1-3-4-2;/h5H,6,8H2,1-4H3;3*1,3-4H2,2H3;. The number of methoxy groups -OCH3 is 1. The molecule has 0 bridgehead atoms. The predicted octanol–water partition coefficient (Wildman–Crippen LogP) is 6.80. The third-order valence-electron chi connectivity index (χ3n) is 5.01. The van der Waals surface area contributed by atoms with Crippen molar-refractivity contribution in [2.45, 2.75) is 92.2 Å². The molecule has 0 atom stereocenters. The Morgan fingerprint density at radius 3 is 1.67 bits per heavy atom. The van der Waals surface area contributed by atoms with Crippen LogP contribution in [-0.4, -0.2) is 47.0 Å². The fraction of sp³-hybridized carbons (Fsp3) is 0.900. The second kappa shape index (κ2) is 13.8. The molecule has 0 fully saturated rings. The van der Waals surface area contributed by atoms with E-state index < -0.39 is 26.5 Å². The fourth-order valence-corrected chi connectivity index (χ4v) is 37.1. The molecule has 0 rings (SSSR count). The topological polar surface area (TPSA) is 18.5 Å². The predicted molar refractivity (Wildman–Crippen MR) is 114 cm³/mol. The van der Waals surface area contributed by atoms with Crippen molar-refractivity contribution in [3.63, 3.8) is 0 Å². The van der Waals surface area contributed by atoms with Gasteiger partial charge in [0.05, 0.1) is 0 Å². The summed E-state index contributed by atoms with van der Waals surface area (Å²) in [7, 11) is 0.406. The molecule has 0 amide bonds. The molecule has 0 aromatic heterocycles. The summed E-state index contributed by atoms with van der Waals surface area (Å²) in [5, 5.41) is 0. The average Bonchev–Trinajstić information content (AvgIpc) is 2.54. The zero-order valence-electron chi connectivity index (χ0n) is 17.7. The molecule has 24 heavy (non-hydrogen) atoms. The molecule has 0 aromatic carbocycles. The van der Waals surface area contributed by atoms with Gasteiger partial charge in [0.1, 0.15) is 0 Å². The number of unbranched alkanes of at least 4 members (excludes halogenated alkanes) is 3. The maximum atomic E-state index is 5.67. The van der Waals surface area contributed by atoms with E-state index >= 15 is 0 Å². The Kier molecular flexibility index (Phi) is 14.2. The van der Waals surface area contributed by atoms with Crippen molar-refractivity contribution in [2.75, 3.05) is 20.5 Å². The van der Waals surface area contributed by atoms with E-state index in [4.69, 9.17) is 9.47 Å². The van der Waals surface area contributed by atoms with Crippen LogP contribution in [0.2, 0.25) is 33.0 Å². The zero-order valence-corrected chi connectivity index (χ0v) is 21.5. The van der Waals surface area contributed by atoms with Crippen molar-refractivity contribution < 1.29 is 9.47 Å². The molecule has 0 unspecified atom stereocenters. The summed E-state index contributed by atoms with van der Waals surface area (Å²) in [6, 6.07) is 0. The van der Waals surface area contributed by atoms with Crippen LogP contribution in [0.25, 0.3) is 0 Å². The summed E-state index contributed by atoms with van der Waals surface area (Å²) in [5.74, 6) is 0. The summed E-state index contributed by atoms with van der Waals surface area (Å²) in [4.78, 5) is 0. The number of rotatable bonds is 15. The van der Waals surface area contributed by atoms with E-state index in [1.807, 2.05) is 3.21 Å². The van der Waals surface area contributed by atoms with E-state index in [9.17, 15) is 0 Å². The Balaban J connectivity index is 5.62. The Bertz CT molecular complexity index is 315. The van der Waals surface area contributed by atoms with E-state index in [2.05, 4.69) is 46.5 Å². The molecular formula is C20H44O2SiSn. The van der Waals surface area contributed by atoms with Crippen molar-refractivity contribution in [3.05, 3.63) is 9.29 Å². The van der Waals surface area contributed by atoms with E-state index in [1.54, 1.807) is 20.4 Å². The fourth-order valence-electron chi connectivity index (χ4n) is 3.92. The summed E-state index contributed by atoms with van der Waals surface area (Å²) >= 11 is -2.30. The van der Waals surface area contributed by atoms with E-state index in [-0.39, 0.29) is 0 Å². The van der Waals surface area contributed by atoms with Gasteiger partial charge in [-0.2, -0.15) is 0 Å². The molecule has 0 saturated heterocycles. The number of hydrogen-bond donors (Lipinski definition) is 0. The van der Waals surface area contributed by atoms with Crippen LogP contribution in [0.15, 0.2) is 9.29 Å². The minimum absolute atomic E-state index is 0.414. The quantitative estimate of drug-likeness (QED) is 0.151. The van der Waals surface area contributed by atoms with Crippen molar-refractivity contribution in [1.29, 1.82) is 0 Å². The van der Waals surface area contributed by atoms with Crippen LogP contribution in [0.1, 0.15) is 59.3 Å². The Labute approximate surface area is 157 Å². The molecule has 144 valence electrons. The second-order valence-corrected chi connectivity index (χ2v) is 27.8. The van der Waals surface area contributed by atoms with Gasteiger partial charge >= 0.3 is 158 Å². The first-order valence-electron chi connectivity index (χ1n) is 10.2. The molecule has 0 heterocycles. The Hall–Kier alpha value is 0.676. The first-order valence-corrected chi connectivity index (χ1v) is 21.1. The zero-order chi connectivity index (χ0) is 18.5. The van der Waals surface area contributed by atoms with Gasteiger partial charge in [-0.1, -0.05) is 0 Å². The third kappa shape index (κ3) is 9.39. The van der Waals surface area contributed by atoms with Crippen molar-refractivity contribution in [3.8, 4) is 0 Å². The Morgan fingerprint density at radius 1 is 0.875 bits per heavy atom. The van der Waals surface area contributed by atoms with Crippen molar-refractivity contribution in [2.24, 2.45) is 0 Å². The van der Waals surface area contributed by atoms with Crippen LogP contribution in [0.4, 0.5) is 0 Å². The molecule has 4 heteroatoms. The molecular weight excluding hydrogens is 419 g/mol. The molecule has 2 nitrogen and oxygen atoms in total. The monoisotopic (exact) mass is 464 g/mol. The molecule has 0 N–H and O–H groups in total. The van der Waals surface area contributed by atoms with Crippen LogP contribution in [0.3, 0.4) is 0 Å². The summed E-state index contributed by atoms with van der Waals surface area (Å²) < 4.78 is 17.4. The van der Waals surface area contributed by atoms with Crippen LogP contribution in [-0.2, 0) is 9.47 Å². The maximum absolute atomic E-state index is 5.67. The van der Waals surface area contributed by atoms with Gasteiger partial charge < -0.3 is 0 Å². The van der Waals surface area contributed by atoms with Gasteiger partial charge in [0.2, 0.25) is 0 Å². The molecule has 0 aromatic rings. The first kappa shape index (κ1) is 24.7. The van der Waals surface area contributed by atoms with E-state index in [1.165, 1.54) is 38.5 Å². The van der Waals surface area contributed by atoms with Gasteiger partial charge in [-0.3, -0.25) is 0 Å². The summed E-state index contributed by atoms with van der Waals surface area (Å²) in [5.41, 5.74) is 0. The normalized spacial score (nSPS) is 13.5. The first-order chi connectivity index (χ1) is 11.4. The molecule has 0 saturated carbocycles. The van der Waals surface area contributed by atoms with Gasteiger partial charge in [-0.15, -0.1) is 0 Å².